The number of rotatable bonds is 15. The second-order valence-corrected chi connectivity index (χ2v) is 6.61. The lowest BCUT2D eigenvalue weighted by atomic mass is 10.1. The van der Waals surface area contributed by atoms with Crippen LogP contribution in [0.2, 0.25) is 0 Å². The molecule has 4 heteroatoms. The van der Waals surface area contributed by atoms with Crippen LogP contribution < -0.4 is 0 Å². The lowest BCUT2D eigenvalue weighted by Gasteiger charge is -2.01. The van der Waals surface area contributed by atoms with Gasteiger partial charge in [0.15, 0.2) is 0 Å². The molecule has 0 aromatic heterocycles. The molecule has 1 saturated heterocycles. The van der Waals surface area contributed by atoms with Crippen LogP contribution in [0.5, 0.6) is 0 Å². The summed E-state index contributed by atoms with van der Waals surface area (Å²) in [5, 5.41) is 18.6. The van der Waals surface area contributed by atoms with E-state index >= 15 is 0 Å². The summed E-state index contributed by atoms with van der Waals surface area (Å²) in [5.74, 6) is -0.716. The molecule has 0 radical (unpaired) electrons. The summed E-state index contributed by atoms with van der Waals surface area (Å²) in [6.07, 6.45) is 18.7. The van der Waals surface area contributed by atoms with Gasteiger partial charge in [-0.05, 0) is 32.1 Å². The molecular weight excluding hydrogens is 304 g/mol. The van der Waals surface area contributed by atoms with Crippen LogP contribution in [-0.2, 0) is 9.53 Å². The molecule has 0 aromatic rings. The van der Waals surface area contributed by atoms with Gasteiger partial charge in [-0.2, -0.15) is 0 Å². The van der Waals surface area contributed by atoms with Crippen LogP contribution in [-0.4, -0.2) is 34.5 Å². The van der Waals surface area contributed by atoms with Crippen molar-refractivity contribution >= 4 is 5.97 Å². The Hall–Kier alpha value is -1.13. The number of carboxylic acids is 1. The van der Waals surface area contributed by atoms with E-state index in [-0.39, 0.29) is 18.6 Å². The van der Waals surface area contributed by atoms with Gasteiger partial charge in [-0.15, -0.1) is 0 Å². The van der Waals surface area contributed by atoms with E-state index in [0.29, 0.717) is 0 Å². The smallest absolute Gasteiger partial charge is 0.303 e. The zero-order valence-corrected chi connectivity index (χ0v) is 15.0. The summed E-state index contributed by atoms with van der Waals surface area (Å²) in [5.41, 5.74) is 0. The zero-order chi connectivity index (χ0) is 17.6. The second kappa shape index (κ2) is 13.2. The van der Waals surface area contributed by atoms with Gasteiger partial charge in [0.2, 0.25) is 0 Å². The molecule has 4 nitrogen and oxygen atoms in total. The van der Waals surface area contributed by atoms with Gasteiger partial charge >= 0.3 is 5.97 Å². The molecule has 2 N–H and O–H groups in total. The minimum Gasteiger partial charge on any atom is -0.481 e. The summed E-state index contributed by atoms with van der Waals surface area (Å²) in [4.78, 5) is 10.4. The maximum Gasteiger partial charge on any atom is 0.303 e. The number of aliphatic carboxylic acids is 1. The van der Waals surface area contributed by atoms with Crippen molar-refractivity contribution in [3.63, 3.8) is 0 Å². The highest BCUT2D eigenvalue weighted by Crippen LogP contribution is 2.30. The third kappa shape index (κ3) is 10.6. The maximum absolute atomic E-state index is 10.4. The van der Waals surface area contributed by atoms with Crippen molar-refractivity contribution < 1.29 is 19.7 Å². The van der Waals surface area contributed by atoms with Crippen LogP contribution in [0.25, 0.3) is 0 Å². The van der Waals surface area contributed by atoms with Gasteiger partial charge in [0.05, 0.1) is 6.10 Å². The Morgan fingerprint density at radius 3 is 2.62 bits per heavy atom. The van der Waals surface area contributed by atoms with E-state index in [4.69, 9.17) is 9.84 Å². The fraction of sp³-hybridized carbons (Fsp3) is 0.750. The van der Waals surface area contributed by atoms with Gasteiger partial charge in [-0.3, -0.25) is 4.79 Å². The van der Waals surface area contributed by atoms with Crippen LogP contribution in [0.3, 0.4) is 0 Å². The summed E-state index contributed by atoms with van der Waals surface area (Å²) >= 11 is 0. The van der Waals surface area contributed by atoms with Crippen molar-refractivity contribution in [2.24, 2.45) is 0 Å². The summed E-state index contributed by atoms with van der Waals surface area (Å²) in [6, 6.07) is 0. The molecule has 0 aromatic carbocycles. The third-order valence-electron chi connectivity index (χ3n) is 4.33. The number of ether oxygens (including phenoxy) is 1. The lowest BCUT2D eigenvalue weighted by Crippen LogP contribution is -2.13. The van der Waals surface area contributed by atoms with Crippen molar-refractivity contribution in [1.82, 2.24) is 0 Å². The molecule has 1 heterocycles. The maximum atomic E-state index is 10.4. The number of unbranched alkanes of at least 4 members (excludes halogenated alkanes) is 6. The number of aliphatic hydroxyl groups is 1. The third-order valence-corrected chi connectivity index (χ3v) is 4.33. The van der Waals surface area contributed by atoms with E-state index in [0.717, 1.165) is 44.9 Å². The second-order valence-electron chi connectivity index (χ2n) is 6.61. The fourth-order valence-electron chi connectivity index (χ4n) is 2.80. The van der Waals surface area contributed by atoms with E-state index in [9.17, 15) is 9.90 Å². The minimum absolute atomic E-state index is 0.0474. The van der Waals surface area contributed by atoms with Gasteiger partial charge in [-0.1, -0.05) is 63.3 Å². The van der Waals surface area contributed by atoms with Gasteiger partial charge in [0.25, 0.3) is 0 Å². The molecule has 1 rings (SSSR count). The van der Waals surface area contributed by atoms with Crippen LogP contribution in [0, 0.1) is 0 Å². The first-order valence-corrected chi connectivity index (χ1v) is 9.52. The molecule has 24 heavy (non-hydrogen) atoms. The molecule has 0 saturated carbocycles. The molecule has 138 valence electrons. The van der Waals surface area contributed by atoms with Crippen LogP contribution in [0.4, 0.5) is 0 Å². The fourth-order valence-corrected chi connectivity index (χ4v) is 2.80. The first-order chi connectivity index (χ1) is 11.6. The minimum atomic E-state index is -0.716. The van der Waals surface area contributed by atoms with Crippen LogP contribution in [0.1, 0.15) is 77.6 Å². The quantitative estimate of drug-likeness (QED) is 0.260. The van der Waals surface area contributed by atoms with E-state index in [1.165, 1.54) is 19.3 Å². The molecule has 1 aliphatic heterocycles. The van der Waals surface area contributed by atoms with E-state index < -0.39 is 12.1 Å². The van der Waals surface area contributed by atoms with Crippen molar-refractivity contribution in [2.45, 2.75) is 95.9 Å². The topological polar surface area (TPSA) is 70.1 Å². The number of epoxide rings is 1. The molecule has 1 aliphatic rings. The Kier molecular flexibility index (Phi) is 11.5. The number of hydrogen-bond donors (Lipinski definition) is 2. The summed E-state index contributed by atoms with van der Waals surface area (Å²) in [7, 11) is 0. The average Bonchev–Trinajstić information content (AvgIpc) is 3.32. The van der Waals surface area contributed by atoms with Gasteiger partial charge < -0.3 is 14.9 Å². The van der Waals surface area contributed by atoms with E-state index in [1.54, 1.807) is 0 Å². The average molecular weight is 338 g/mol. The SMILES string of the molecule is CCCCC/C=C\C/C=C\[C@H](O)[C@@H]1O[C@@H]1CCCCCCC(=O)O. The monoisotopic (exact) mass is 338 g/mol. The Morgan fingerprint density at radius 2 is 1.88 bits per heavy atom. The Bertz CT molecular complexity index is 389. The molecule has 0 aliphatic carbocycles. The molecule has 0 unspecified atom stereocenters. The van der Waals surface area contributed by atoms with Crippen molar-refractivity contribution in [1.29, 1.82) is 0 Å². The molecule has 0 spiro atoms. The summed E-state index contributed by atoms with van der Waals surface area (Å²) in [6.45, 7) is 2.21. The lowest BCUT2D eigenvalue weighted by molar-refractivity contribution is -0.137. The first kappa shape index (κ1) is 20.9. The number of aliphatic hydroxyl groups excluding tert-OH is 1. The Morgan fingerprint density at radius 1 is 1.08 bits per heavy atom. The normalized spacial score (nSPS) is 21.6. The number of hydrogen-bond acceptors (Lipinski definition) is 3. The Labute approximate surface area is 146 Å². The van der Waals surface area contributed by atoms with E-state index in [2.05, 4.69) is 19.1 Å². The Balaban J connectivity index is 1.98. The predicted molar refractivity (Wildman–Crippen MR) is 97.0 cm³/mol. The van der Waals surface area contributed by atoms with Gasteiger partial charge in [-0.25, -0.2) is 0 Å². The summed E-state index contributed by atoms with van der Waals surface area (Å²) < 4.78 is 5.53. The number of carbonyl (C=O) groups is 1. The highest BCUT2D eigenvalue weighted by molar-refractivity contribution is 5.66. The molecule has 0 bridgehead atoms. The first-order valence-electron chi connectivity index (χ1n) is 9.52. The van der Waals surface area contributed by atoms with Crippen molar-refractivity contribution in [2.75, 3.05) is 0 Å². The van der Waals surface area contributed by atoms with Crippen LogP contribution >= 0.6 is 0 Å². The number of carboxylic acid groups (broad SMARTS) is 1. The van der Waals surface area contributed by atoms with Crippen molar-refractivity contribution in [3.05, 3.63) is 24.3 Å². The molecular formula is C20H34O4. The molecule has 0 amide bonds. The predicted octanol–water partition coefficient (Wildman–Crippen LogP) is 4.62. The van der Waals surface area contributed by atoms with Crippen molar-refractivity contribution in [3.8, 4) is 0 Å². The highest BCUT2D eigenvalue weighted by atomic mass is 16.6. The highest BCUT2D eigenvalue weighted by Gasteiger charge is 2.42. The van der Waals surface area contributed by atoms with Gasteiger partial charge in [0, 0.05) is 6.42 Å². The largest absolute Gasteiger partial charge is 0.481 e. The van der Waals surface area contributed by atoms with Gasteiger partial charge in [0.1, 0.15) is 12.2 Å². The standard InChI is InChI=1S/C20H34O4/c1-2-3-4-5-6-7-8-11-14-17(21)20-18(24-20)15-12-9-10-13-16-19(22)23/h6-7,11,14,17-18,20-21H,2-5,8-10,12-13,15-16H2,1H3,(H,22,23)/b7-6-,14-11-/t17-,18+,20-/m0/s1. The van der Waals surface area contributed by atoms with E-state index in [1.807, 2.05) is 12.2 Å². The molecule has 1 fully saturated rings. The molecule has 3 atom stereocenters. The van der Waals surface area contributed by atoms with Crippen LogP contribution in [0.15, 0.2) is 24.3 Å². The zero-order valence-electron chi connectivity index (χ0n) is 15.0. The number of allylic oxidation sites excluding steroid dienone is 3.